The highest BCUT2D eigenvalue weighted by Crippen LogP contribution is 2.57. The highest BCUT2D eigenvalue weighted by Gasteiger charge is 2.57. The van der Waals surface area contributed by atoms with Crippen molar-refractivity contribution in [3.05, 3.63) is 69.6 Å². The van der Waals surface area contributed by atoms with E-state index in [-0.39, 0.29) is 28.6 Å². The molecule has 4 aliphatic rings. The van der Waals surface area contributed by atoms with E-state index < -0.39 is 5.60 Å². The molecule has 2 aromatic rings. The van der Waals surface area contributed by atoms with Crippen molar-refractivity contribution in [1.29, 1.82) is 0 Å². The van der Waals surface area contributed by atoms with Gasteiger partial charge in [0.15, 0.2) is 0 Å². The molecular weight excluding hydrogens is 376 g/mol. The van der Waals surface area contributed by atoms with Gasteiger partial charge in [-0.05, 0) is 81.4 Å². The molecule has 4 saturated carbocycles. The van der Waals surface area contributed by atoms with E-state index in [2.05, 4.69) is 5.32 Å². The Bertz CT molecular complexity index is 1030. The van der Waals surface area contributed by atoms with E-state index in [1.807, 2.05) is 50.2 Å². The maximum atomic E-state index is 13.4. The zero-order valence-electron chi connectivity index (χ0n) is 17.7. The summed E-state index contributed by atoms with van der Waals surface area (Å²) in [7, 11) is 0. The Balaban J connectivity index is 1.46. The zero-order chi connectivity index (χ0) is 21.1. The molecule has 1 amide bonds. The number of hydrogen-bond acceptors (Lipinski definition) is 3. The number of carbonyl (C=O) groups is 1. The van der Waals surface area contributed by atoms with Crippen LogP contribution in [-0.2, 0) is 0 Å². The highest BCUT2D eigenvalue weighted by atomic mass is 16.3. The molecule has 5 heteroatoms. The first-order valence-corrected chi connectivity index (χ1v) is 11.1. The number of rotatable bonds is 4. The van der Waals surface area contributed by atoms with Crippen LogP contribution in [-0.4, -0.2) is 26.7 Å². The maximum absolute atomic E-state index is 13.4. The van der Waals surface area contributed by atoms with E-state index >= 15 is 0 Å². The molecule has 4 bridgehead atoms. The van der Waals surface area contributed by atoms with E-state index in [0.29, 0.717) is 23.8 Å². The third-order valence-electron chi connectivity index (χ3n) is 7.66. The minimum absolute atomic E-state index is 0.161. The Morgan fingerprint density at radius 2 is 1.80 bits per heavy atom. The molecule has 30 heavy (non-hydrogen) atoms. The number of carbonyl (C=O) groups excluding carboxylic acids is 1. The number of hydrogen-bond donors (Lipinski definition) is 2. The van der Waals surface area contributed by atoms with Gasteiger partial charge in [0, 0.05) is 11.7 Å². The first kappa shape index (κ1) is 19.6. The molecule has 1 heterocycles. The first-order chi connectivity index (χ1) is 14.3. The molecule has 1 aromatic heterocycles. The first-order valence-electron chi connectivity index (χ1n) is 11.1. The van der Waals surface area contributed by atoms with Gasteiger partial charge in [-0.2, -0.15) is 0 Å². The van der Waals surface area contributed by atoms with Gasteiger partial charge in [0.2, 0.25) is 0 Å². The summed E-state index contributed by atoms with van der Waals surface area (Å²) in [5.41, 5.74) is 0.664. The normalized spacial score (nSPS) is 32.8. The number of amides is 1. The quantitative estimate of drug-likeness (QED) is 0.815. The summed E-state index contributed by atoms with van der Waals surface area (Å²) in [6, 6.07) is 11.5. The molecule has 3 unspecified atom stereocenters. The SMILES string of the molecule is Cc1ccn(C(C)c2ccccc2)c(=O)c1C(=O)NC12CC3CC(CC(O)(C3)C1)C2. The fraction of sp³-hybridized carbons (Fsp3) is 0.520. The van der Waals surface area contributed by atoms with Gasteiger partial charge in [-0.3, -0.25) is 9.59 Å². The number of nitrogens with zero attached hydrogens (tertiary/aromatic N) is 1. The molecule has 0 spiro atoms. The molecule has 2 N–H and O–H groups in total. The zero-order valence-corrected chi connectivity index (χ0v) is 17.7. The Morgan fingerprint density at radius 1 is 1.13 bits per heavy atom. The van der Waals surface area contributed by atoms with Gasteiger partial charge in [-0.15, -0.1) is 0 Å². The van der Waals surface area contributed by atoms with Crippen LogP contribution in [0, 0.1) is 18.8 Å². The van der Waals surface area contributed by atoms with Crippen molar-refractivity contribution in [1.82, 2.24) is 9.88 Å². The lowest BCUT2D eigenvalue weighted by molar-refractivity contribution is -0.139. The van der Waals surface area contributed by atoms with Crippen LogP contribution >= 0.6 is 0 Å². The Hall–Kier alpha value is -2.40. The van der Waals surface area contributed by atoms with Crippen LogP contribution in [0.25, 0.3) is 0 Å². The van der Waals surface area contributed by atoms with Crippen LogP contribution in [0.15, 0.2) is 47.4 Å². The molecule has 6 rings (SSSR count). The van der Waals surface area contributed by atoms with Crippen molar-refractivity contribution in [3.63, 3.8) is 0 Å². The summed E-state index contributed by atoms with van der Waals surface area (Å²) in [5.74, 6) is 0.657. The lowest BCUT2D eigenvalue weighted by Crippen LogP contribution is -2.65. The van der Waals surface area contributed by atoms with Crippen LogP contribution in [0.1, 0.15) is 73.0 Å². The van der Waals surface area contributed by atoms with Gasteiger partial charge in [0.1, 0.15) is 5.56 Å². The maximum Gasteiger partial charge on any atom is 0.264 e. The summed E-state index contributed by atoms with van der Waals surface area (Å²) in [5, 5.41) is 14.2. The van der Waals surface area contributed by atoms with Crippen LogP contribution in [0.4, 0.5) is 0 Å². The summed E-state index contributed by atoms with van der Waals surface area (Å²) >= 11 is 0. The predicted octanol–water partition coefficient (Wildman–Crippen LogP) is 3.58. The molecule has 4 fully saturated rings. The van der Waals surface area contributed by atoms with Crippen LogP contribution < -0.4 is 10.9 Å². The molecule has 4 aliphatic carbocycles. The van der Waals surface area contributed by atoms with Crippen LogP contribution in [0.3, 0.4) is 0 Å². The lowest BCUT2D eigenvalue weighted by Gasteiger charge is -2.60. The minimum Gasteiger partial charge on any atom is -0.390 e. The topological polar surface area (TPSA) is 71.3 Å². The van der Waals surface area contributed by atoms with Crippen molar-refractivity contribution >= 4 is 5.91 Å². The molecule has 0 aliphatic heterocycles. The number of benzene rings is 1. The molecular formula is C25H30N2O3. The van der Waals surface area contributed by atoms with Gasteiger partial charge in [-0.25, -0.2) is 0 Å². The van der Waals surface area contributed by atoms with E-state index in [1.54, 1.807) is 10.8 Å². The van der Waals surface area contributed by atoms with Gasteiger partial charge in [0.25, 0.3) is 11.5 Å². The molecule has 158 valence electrons. The van der Waals surface area contributed by atoms with Gasteiger partial charge in [-0.1, -0.05) is 30.3 Å². The van der Waals surface area contributed by atoms with Crippen molar-refractivity contribution in [2.45, 2.75) is 69.6 Å². The highest BCUT2D eigenvalue weighted by molar-refractivity contribution is 5.95. The van der Waals surface area contributed by atoms with E-state index in [1.165, 1.54) is 0 Å². The minimum atomic E-state index is -0.648. The number of pyridine rings is 1. The van der Waals surface area contributed by atoms with E-state index in [0.717, 1.165) is 37.7 Å². The second-order valence-corrected chi connectivity index (χ2v) is 10.1. The number of nitrogens with one attached hydrogen (secondary N) is 1. The molecule has 3 atom stereocenters. The van der Waals surface area contributed by atoms with Gasteiger partial charge < -0.3 is 15.0 Å². The Kier molecular flexibility index (Phi) is 4.44. The number of aromatic nitrogens is 1. The number of aryl methyl sites for hydroxylation is 1. The Morgan fingerprint density at radius 3 is 2.43 bits per heavy atom. The summed E-state index contributed by atoms with van der Waals surface area (Å²) in [6.07, 6.45) is 7.08. The summed E-state index contributed by atoms with van der Waals surface area (Å²) < 4.78 is 1.64. The standard InChI is InChI=1S/C25H30N2O3/c1-16-8-9-27(17(2)20-6-4-3-5-7-20)23(29)21(16)22(28)26-24-11-18-10-19(12-24)14-25(30,13-18)15-24/h3-9,17-19,30H,10-15H2,1-2H3,(H,26,28). The summed E-state index contributed by atoms with van der Waals surface area (Å²) in [6.45, 7) is 3.80. The van der Waals surface area contributed by atoms with Crippen molar-refractivity contribution in [2.24, 2.45) is 11.8 Å². The largest absolute Gasteiger partial charge is 0.390 e. The fourth-order valence-corrected chi connectivity index (χ4v) is 6.78. The van der Waals surface area contributed by atoms with Gasteiger partial charge >= 0.3 is 0 Å². The predicted molar refractivity (Wildman–Crippen MR) is 116 cm³/mol. The van der Waals surface area contributed by atoms with E-state index in [9.17, 15) is 14.7 Å². The molecule has 0 radical (unpaired) electrons. The number of aliphatic hydroxyl groups is 1. The summed E-state index contributed by atoms with van der Waals surface area (Å²) in [4.78, 5) is 26.7. The van der Waals surface area contributed by atoms with Crippen molar-refractivity contribution in [2.75, 3.05) is 0 Å². The van der Waals surface area contributed by atoms with Crippen molar-refractivity contribution in [3.8, 4) is 0 Å². The molecule has 0 saturated heterocycles. The van der Waals surface area contributed by atoms with Gasteiger partial charge in [0.05, 0.1) is 11.6 Å². The lowest BCUT2D eigenvalue weighted by atomic mass is 9.51. The molecule has 1 aromatic carbocycles. The van der Waals surface area contributed by atoms with Crippen LogP contribution in [0.2, 0.25) is 0 Å². The molecule has 5 nitrogen and oxygen atoms in total. The third kappa shape index (κ3) is 3.20. The average Bonchev–Trinajstić information content (AvgIpc) is 2.66. The fourth-order valence-electron chi connectivity index (χ4n) is 6.78. The third-order valence-corrected chi connectivity index (χ3v) is 7.66. The Labute approximate surface area is 177 Å². The monoisotopic (exact) mass is 406 g/mol. The average molecular weight is 407 g/mol. The smallest absolute Gasteiger partial charge is 0.264 e. The second kappa shape index (κ2) is 6.81. The van der Waals surface area contributed by atoms with E-state index in [4.69, 9.17) is 0 Å². The second-order valence-electron chi connectivity index (χ2n) is 10.1. The van der Waals surface area contributed by atoms with Crippen LogP contribution in [0.5, 0.6) is 0 Å². The van der Waals surface area contributed by atoms with Crippen molar-refractivity contribution < 1.29 is 9.90 Å².